The van der Waals surface area contributed by atoms with E-state index in [0.717, 1.165) is 30.6 Å². The van der Waals surface area contributed by atoms with Gasteiger partial charge in [-0.05, 0) is 82.9 Å². The summed E-state index contributed by atoms with van der Waals surface area (Å²) < 4.78 is 5.72. The number of fused-ring (bicyclic) bond motifs is 5. The highest BCUT2D eigenvalue weighted by atomic mass is 16.5. The molecule has 4 rings (SSSR count). The summed E-state index contributed by atoms with van der Waals surface area (Å²) in [6.07, 6.45) is 6.95. The first-order chi connectivity index (χ1) is 12.3. The molecule has 2 N–H and O–H groups in total. The lowest BCUT2D eigenvalue weighted by Crippen LogP contribution is -2.56. The van der Waals surface area contributed by atoms with E-state index in [0.29, 0.717) is 18.4 Å². The molecule has 0 saturated heterocycles. The number of methoxy groups -OCH3 is 1. The van der Waals surface area contributed by atoms with E-state index < -0.39 is 0 Å². The van der Waals surface area contributed by atoms with Crippen LogP contribution in [-0.2, 0) is 18.4 Å². The third-order valence-corrected chi connectivity index (χ3v) is 8.71. The topological polar surface area (TPSA) is 49.7 Å². The van der Waals surface area contributed by atoms with Gasteiger partial charge in [0.2, 0.25) is 0 Å². The summed E-state index contributed by atoms with van der Waals surface area (Å²) in [4.78, 5) is 0. The maximum atomic E-state index is 10.2. The Labute approximate surface area is 157 Å². The molecule has 0 radical (unpaired) electrons. The van der Waals surface area contributed by atoms with Gasteiger partial charge in [0, 0.05) is 6.61 Å². The number of aliphatic hydroxyl groups is 2. The van der Waals surface area contributed by atoms with Gasteiger partial charge in [0.1, 0.15) is 5.75 Å². The lowest BCUT2D eigenvalue weighted by atomic mass is 9.43. The van der Waals surface area contributed by atoms with Gasteiger partial charge >= 0.3 is 0 Å². The highest BCUT2D eigenvalue weighted by Crippen LogP contribution is 2.68. The Morgan fingerprint density at radius 2 is 1.85 bits per heavy atom. The van der Waals surface area contributed by atoms with Crippen LogP contribution < -0.4 is 4.74 Å². The molecule has 3 aliphatic rings. The SMILES string of the molecule is COc1ccc(CO)c2c1C[C@@H]1[C@@]3(C)CCC[C@@](C)(CO)[C@@H]3CC[C@]21C. The highest BCUT2D eigenvalue weighted by Gasteiger charge is 2.62. The molecule has 0 bridgehead atoms. The Kier molecular flexibility index (Phi) is 4.20. The van der Waals surface area contributed by atoms with E-state index >= 15 is 0 Å². The van der Waals surface area contributed by atoms with Crippen LogP contribution in [0.15, 0.2) is 12.1 Å². The van der Waals surface area contributed by atoms with Crippen LogP contribution in [0.1, 0.15) is 69.6 Å². The minimum absolute atomic E-state index is 0.0486. The van der Waals surface area contributed by atoms with Crippen molar-refractivity contribution in [1.29, 1.82) is 0 Å². The Balaban J connectivity index is 1.85. The second-order valence-corrected chi connectivity index (χ2v) is 9.88. The molecule has 3 nitrogen and oxygen atoms in total. The second-order valence-electron chi connectivity index (χ2n) is 9.88. The molecule has 26 heavy (non-hydrogen) atoms. The highest BCUT2D eigenvalue weighted by molar-refractivity contribution is 5.54. The van der Waals surface area contributed by atoms with Crippen molar-refractivity contribution in [2.45, 2.75) is 71.3 Å². The van der Waals surface area contributed by atoms with Crippen LogP contribution >= 0.6 is 0 Å². The molecule has 1 aromatic rings. The van der Waals surface area contributed by atoms with Crippen LogP contribution in [0.5, 0.6) is 5.75 Å². The predicted molar refractivity (Wildman–Crippen MR) is 103 cm³/mol. The quantitative estimate of drug-likeness (QED) is 0.851. The Hall–Kier alpha value is -1.06. The van der Waals surface area contributed by atoms with Gasteiger partial charge in [-0.3, -0.25) is 0 Å². The minimum atomic E-state index is 0.0486. The van der Waals surface area contributed by atoms with Crippen LogP contribution in [0.2, 0.25) is 0 Å². The third-order valence-electron chi connectivity index (χ3n) is 8.71. The average molecular weight is 359 g/mol. The molecule has 2 saturated carbocycles. The molecular weight excluding hydrogens is 324 g/mol. The summed E-state index contributed by atoms with van der Waals surface area (Å²) in [7, 11) is 1.76. The van der Waals surface area contributed by atoms with Crippen molar-refractivity contribution in [2.24, 2.45) is 22.7 Å². The number of ether oxygens (including phenoxy) is 1. The summed E-state index contributed by atoms with van der Waals surface area (Å²) in [5.74, 6) is 2.11. The van der Waals surface area contributed by atoms with Gasteiger partial charge in [-0.2, -0.15) is 0 Å². The van der Waals surface area contributed by atoms with Crippen molar-refractivity contribution in [3.63, 3.8) is 0 Å². The maximum absolute atomic E-state index is 10.2. The molecule has 0 aromatic heterocycles. The van der Waals surface area contributed by atoms with Crippen LogP contribution in [0.4, 0.5) is 0 Å². The Bertz CT molecular complexity index is 714. The lowest BCUT2D eigenvalue weighted by Gasteiger charge is -2.61. The second kappa shape index (κ2) is 5.97. The van der Waals surface area contributed by atoms with Crippen molar-refractivity contribution < 1.29 is 14.9 Å². The normalized spacial score (nSPS) is 41.3. The van der Waals surface area contributed by atoms with Gasteiger partial charge in [0.15, 0.2) is 0 Å². The molecule has 3 heteroatoms. The first-order valence-corrected chi connectivity index (χ1v) is 10.2. The Morgan fingerprint density at radius 3 is 2.50 bits per heavy atom. The standard InChI is InChI=1S/C23H34O3/c1-21(14-25)9-5-10-22(2)18(21)8-11-23(3)19(22)12-16-17(26-4)7-6-15(13-24)20(16)23/h6-7,18-19,24-25H,5,8-14H2,1-4H3/t18-,19+,21-,22-,23-/m0/s1. The fraction of sp³-hybridized carbons (Fsp3) is 0.739. The number of rotatable bonds is 3. The molecule has 2 fully saturated rings. The van der Waals surface area contributed by atoms with E-state index in [4.69, 9.17) is 4.74 Å². The van der Waals surface area contributed by atoms with Crippen molar-refractivity contribution in [3.8, 4) is 5.75 Å². The number of aliphatic hydroxyl groups excluding tert-OH is 2. The van der Waals surface area contributed by atoms with Crippen LogP contribution in [-0.4, -0.2) is 23.9 Å². The van der Waals surface area contributed by atoms with Gasteiger partial charge in [0.05, 0.1) is 13.7 Å². The third kappa shape index (κ3) is 2.19. The van der Waals surface area contributed by atoms with Gasteiger partial charge in [-0.1, -0.05) is 33.3 Å². The summed E-state index contributed by atoms with van der Waals surface area (Å²) in [6, 6.07) is 4.09. The first kappa shape index (κ1) is 18.3. The molecule has 0 heterocycles. The molecule has 1 aromatic carbocycles. The molecule has 0 spiro atoms. The molecule has 144 valence electrons. The van der Waals surface area contributed by atoms with Crippen LogP contribution in [0.3, 0.4) is 0 Å². The molecule has 0 amide bonds. The average Bonchev–Trinajstić information content (AvgIpc) is 2.96. The summed E-state index contributed by atoms with van der Waals surface area (Å²) in [5.41, 5.74) is 4.14. The monoisotopic (exact) mass is 358 g/mol. The van der Waals surface area contributed by atoms with Gasteiger partial charge in [-0.25, -0.2) is 0 Å². The summed E-state index contributed by atoms with van der Waals surface area (Å²) in [6.45, 7) is 7.62. The zero-order valence-corrected chi connectivity index (χ0v) is 16.8. The summed E-state index contributed by atoms with van der Waals surface area (Å²) >= 11 is 0. The fourth-order valence-electron chi connectivity index (χ4n) is 7.52. The van der Waals surface area contributed by atoms with Gasteiger partial charge in [-0.15, -0.1) is 0 Å². The smallest absolute Gasteiger partial charge is 0.122 e. The van der Waals surface area contributed by atoms with E-state index in [-0.39, 0.29) is 22.9 Å². The summed E-state index contributed by atoms with van der Waals surface area (Å²) in [5, 5.41) is 20.2. The minimum Gasteiger partial charge on any atom is -0.496 e. The van der Waals surface area contributed by atoms with Gasteiger partial charge in [0.25, 0.3) is 0 Å². The van der Waals surface area contributed by atoms with E-state index in [1.54, 1.807) is 7.11 Å². The van der Waals surface area contributed by atoms with Crippen molar-refractivity contribution >= 4 is 0 Å². The predicted octanol–water partition coefficient (Wildman–Crippen LogP) is 4.22. The van der Waals surface area contributed by atoms with Crippen molar-refractivity contribution in [3.05, 3.63) is 28.8 Å². The Morgan fingerprint density at radius 1 is 1.08 bits per heavy atom. The number of hydrogen-bond acceptors (Lipinski definition) is 3. The fourth-order valence-corrected chi connectivity index (χ4v) is 7.52. The lowest BCUT2D eigenvalue weighted by molar-refractivity contribution is -0.121. The van der Waals surface area contributed by atoms with Crippen LogP contribution in [0.25, 0.3) is 0 Å². The van der Waals surface area contributed by atoms with Crippen molar-refractivity contribution in [2.75, 3.05) is 13.7 Å². The zero-order valence-electron chi connectivity index (χ0n) is 16.8. The van der Waals surface area contributed by atoms with E-state index in [9.17, 15) is 10.2 Å². The number of benzene rings is 1. The zero-order chi connectivity index (χ0) is 18.7. The molecule has 3 aliphatic carbocycles. The molecule has 0 aliphatic heterocycles. The molecular formula is C23H34O3. The van der Waals surface area contributed by atoms with Crippen molar-refractivity contribution in [1.82, 2.24) is 0 Å². The van der Waals surface area contributed by atoms with E-state index in [1.807, 2.05) is 6.07 Å². The van der Waals surface area contributed by atoms with Gasteiger partial charge < -0.3 is 14.9 Å². The largest absolute Gasteiger partial charge is 0.496 e. The number of hydrogen-bond donors (Lipinski definition) is 2. The van der Waals surface area contributed by atoms with E-state index in [2.05, 4.69) is 26.8 Å². The molecule has 5 atom stereocenters. The van der Waals surface area contributed by atoms with E-state index in [1.165, 1.54) is 30.4 Å². The van der Waals surface area contributed by atoms with Crippen LogP contribution in [0, 0.1) is 22.7 Å². The maximum Gasteiger partial charge on any atom is 0.122 e. The first-order valence-electron chi connectivity index (χ1n) is 10.2. The molecule has 0 unspecified atom stereocenters.